The van der Waals surface area contributed by atoms with E-state index in [1.54, 1.807) is 18.2 Å². The normalized spacial score (nSPS) is 10.1. The van der Waals surface area contributed by atoms with Gasteiger partial charge in [0.2, 0.25) is 0 Å². The summed E-state index contributed by atoms with van der Waals surface area (Å²) in [5.74, 6) is -0.129. The summed E-state index contributed by atoms with van der Waals surface area (Å²) in [4.78, 5) is 13.4. The van der Waals surface area contributed by atoms with Gasteiger partial charge >= 0.3 is 0 Å². The van der Waals surface area contributed by atoms with E-state index in [2.05, 4.69) is 5.32 Å². The van der Waals surface area contributed by atoms with Gasteiger partial charge in [0, 0.05) is 25.7 Å². The second kappa shape index (κ2) is 6.10. The summed E-state index contributed by atoms with van der Waals surface area (Å²) in [6, 6.07) is 5.16. The van der Waals surface area contributed by atoms with Crippen molar-refractivity contribution in [2.45, 2.75) is 6.92 Å². The topological polar surface area (TPSA) is 78.6 Å². The van der Waals surface area contributed by atoms with Crippen molar-refractivity contribution in [2.24, 2.45) is 0 Å². The fraction of sp³-hybridized carbons (Fsp3) is 0.417. The molecule has 0 unspecified atom stereocenters. The molecule has 0 bridgehead atoms. The number of nitrogens with one attached hydrogen (secondary N) is 1. The average molecular weight is 237 g/mol. The lowest BCUT2D eigenvalue weighted by Gasteiger charge is -2.20. The molecule has 0 spiro atoms. The summed E-state index contributed by atoms with van der Waals surface area (Å²) in [5, 5.41) is 11.6. The zero-order valence-electron chi connectivity index (χ0n) is 10.2. The Hall–Kier alpha value is -1.75. The second-order valence-electron chi connectivity index (χ2n) is 3.78. The van der Waals surface area contributed by atoms with Gasteiger partial charge < -0.3 is 21.1 Å². The smallest absolute Gasteiger partial charge is 0.251 e. The van der Waals surface area contributed by atoms with E-state index >= 15 is 0 Å². The van der Waals surface area contributed by atoms with Crippen LogP contribution in [0.5, 0.6) is 0 Å². The molecule has 94 valence electrons. The summed E-state index contributed by atoms with van der Waals surface area (Å²) >= 11 is 0. The molecule has 0 saturated heterocycles. The van der Waals surface area contributed by atoms with Crippen LogP contribution < -0.4 is 16.0 Å². The number of likely N-dealkylation sites (N-methyl/N-ethyl adjacent to an activating group) is 1. The molecule has 1 rings (SSSR count). The number of benzene rings is 1. The van der Waals surface area contributed by atoms with E-state index in [0.717, 1.165) is 5.69 Å². The van der Waals surface area contributed by atoms with Gasteiger partial charge in [-0.05, 0) is 25.1 Å². The number of hydrogen-bond acceptors (Lipinski definition) is 4. The molecule has 5 nitrogen and oxygen atoms in total. The first-order valence-corrected chi connectivity index (χ1v) is 5.59. The number of nitrogens with two attached hydrogens (primary N) is 1. The van der Waals surface area contributed by atoms with Crippen LogP contribution in [0.4, 0.5) is 11.4 Å². The molecule has 0 aliphatic carbocycles. The quantitative estimate of drug-likeness (QED) is 0.650. The van der Waals surface area contributed by atoms with Crippen molar-refractivity contribution in [1.82, 2.24) is 5.32 Å². The molecule has 0 aliphatic rings. The molecule has 1 amide bonds. The molecule has 0 aliphatic heterocycles. The number of hydrogen-bond donors (Lipinski definition) is 3. The van der Waals surface area contributed by atoms with E-state index < -0.39 is 0 Å². The SMILES string of the molecule is CCNC(=O)c1ccc(N(C)CCO)c(N)c1. The Balaban J connectivity index is 2.89. The zero-order chi connectivity index (χ0) is 12.8. The number of aliphatic hydroxyl groups is 1. The molecular weight excluding hydrogens is 218 g/mol. The van der Waals surface area contributed by atoms with Crippen molar-refractivity contribution >= 4 is 17.3 Å². The molecule has 17 heavy (non-hydrogen) atoms. The van der Waals surface area contributed by atoms with E-state index in [9.17, 15) is 4.79 Å². The number of nitrogens with zero attached hydrogens (tertiary/aromatic N) is 1. The average Bonchev–Trinajstić information content (AvgIpc) is 2.29. The van der Waals surface area contributed by atoms with Crippen molar-refractivity contribution in [3.8, 4) is 0 Å². The Kier molecular flexibility index (Phi) is 4.78. The van der Waals surface area contributed by atoms with Crippen LogP contribution in [-0.2, 0) is 0 Å². The van der Waals surface area contributed by atoms with Gasteiger partial charge in [0.1, 0.15) is 0 Å². The lowest BCUT2D eigenvalue weighted by molar-refractivity contribution is 0.0956. The maximum absolute atomic E-state index is 11.6. The monoisotopic (exact) mass is 237 g/mol. The Morgan fingerprint density at radius 2 is 2.24 bits per heavy atom. The van der Waals surface area contributed by atoms with Gasteiger partial charge in [-0.1, -0.05) is 0 Å². The number of rotatable bonds is 5. The molecule has 5 heteroatoms. The Labute approximate surface area is 101 Å². The van der Waals surface area contributed by atoms with E-state index in [-0.39, 0.29) is 12.5 Å². The first-order chi connectivity index (χ1) is 8.10. The summed E-state index contributed by atoms with van der Waals surface area (Å²) in [6.45, 7) is 3.02. The van der Waals surface area contributed by atoms with Crippen LogP contribution in [0.1, 0.15) is 17.3 Å². The third-order valence-corrected chi connectivity index (χ3v) is 2.47. The molecule has 1 aromatic carbocycles. The number of aliphatic hydroxyl groups excluding tert-OH is 1. The molecular formula is C12H19N3O2. The van der Waals surface area contributed by atoms with Crippen molar-refractivity contribution in [2.75, 3.05) is 37.4 Å². The van der Waals surface area contributed by atoms with Gasteiger partial charge in [0.15, 0.2) is 0 Å². The van der Waals surface area contributed by atoms with Crippen LogP contribution in [0.15, 0.2) is 18.2 Å². The van der Waals surface area contributed by atoms with Crippen molar-refractivity contribution in [3.63, 3.8) is 0 Å². The maximum atomic E-state index is 11.6. The van der Waals surface area contributed by atoms with Gasteiger partial charge in [0.25, 0.3) is 5.91 Å². The van der Waals surface area contributed by atoms with Gasteiger partial charge in [-0.15, -0.1) is 0 Å². The third-order valence-electron chi connectivity index (χ3n) is 2.47. The van der Waals surface area contributed by atoms with Crippen molar-refractivity contribution in [1.29, 1.82) is 0 Å². The second-order valence-corrected chi connectivity index (χ2v) is 3.78. The number of carbonyl (C=O) groups is 1. The minimum absolute atomic E-state index is 0.0635. The molecule has 1 aromatic rings. The van der Waals surface area contributed by atoms with E-state index in [1.807, 2.05) is 18.9 Å². The Morgan fingerprint density at radius 3 is 2.76 bits per heavy atom. The van der Waals surface area contributed by atoms with Gasteiger partial charge in [0.05, 0.1) is 18.0 Å². The Morgan fingerprint density at radius 1 is 1.53 bits per heavy atom. The highest BCUT2D eigenvalue weighted by Crippen LogP contribution is 2.23. The molecule has 0 aromatic heterocycles. The third kappa shape index (κ3) is 3.35. The summed E-state index contributed by atoms with van der Waals surface area (Å²) in [6.07, 6.45) is 0. The molecule has 0 saturated carbocycles. The van der Waals surface area contributed by atoms with E-state index in [0.29, 0.717) is 24.3 Å². The van der Waals surface area contributed by atoms with Crippen LogP contribution in [-0.4, -0.2) is 37.8 Å². The standard InChI is InChI=1S/C12H19N3O2/c1-3-14-12(17)9-4-5-11(10(13)8-9)15(2)6-7-16/h4-5,8,16H,3,6-7,13H2,1-2H3,(H,14,17). The fourth-order valence-corrected chi connectivity index (χ4v) is 1.58. The predicted molar refractivity (Wildman–Crippen MR) is 69.2 cm³/mol. The summed E-state index contributed by atoms with van der Waals surface area (Å²) < 4.78 is 0. The van der Waals surface area contributed by atoms with Crippen LogP contribution in [0.2, 0.25) is 0 Å². The van der Waals surface area contributed by atoms with Crippen molar-refractivity contribution < 1.29 is 9.90 Å². The molecule has 0 heterocycles. The van der Waals surface area contributed by atoms with Crippen LogP contribution >= 0.6 is 0 Å². The van der Waals surface area contributed by atoms with Crippen LogP contribution in [0.3, 0.4) is 0 Å². The predicted octanol–water partition coefficient (Wildman–Crippen LogP) is 0.447. The van der Waals surface area contributed by atoms with Gasteiger partial charge in [-0.3, -0.25) is 4.79 Å². The minimum atomic E-state index is -0.129. The molecule has 0 radical (unpaired) electrons. The van der Waals surface area contributed by atoms with E-state index in [1.165, 1.54) is 0 Å². The molecule has 0 atom stereocenters. The lowest BCUT2D eigenvalue weighted by atomic mass is 10.1. The van der Waals surface area contributed by atoms with E-state index in [4.69, 9.17) is 10.8 Å². The number of amides is 1. The molecule has 4 N–H and O–H groups in total. The highest BCUT2D eigenvalue weighted by Gasteiger charge is 2.09. The molecule has 0 fully saturated rings. The lowest BCUT2D eigenvalue weighted by Crippen LogP contribution is -2.24. The van der Waals surface area contributed by atoms with Gasteiger partial charge in [-0.2, -0.15) is 0 Å². The summed E-state index contributed by atoms with van der Waals surface area (Å²) in [7, 11) is 1.84. The van der Waals surface area contributed by atoms with Crippen molar-refractivity contribution in [3.05, 3.63) is 23.8 Å². The fourth-order valence-electron chi connectivity index (χ4n) is 1.58. The minimum Gasteiger partial charge on any atom is -0.397 e. The first-order valence-electron chi connectivity index (χ1n) is 5.59. The zero-order valence-corrected chi connectivity index (χ0v) is 10.2. The Bertz CT molecular complexity index is 393. The van der Waals surface area contributed by atoms with Crippen LogP contribution in [0.25, 0.3) is 0 Å². The maximum Gasteiger partial charge on any atom is 0.251 e. The van der Waals surface area contributed by atoms with Gasteiger partial charge in [-0.25, -0.2) is 0 Å². The number of carbonyl (C=O) groups excluding carboxylic acids is 1. The highest BCUT2D eigenvalue weighted by atomic mass is 16.3. The number of anilines is 2. The number of nitrogen functional groups attached to an aromatic ring is 1. The first kappa shape index (κ1) is 13.3. The van der Waals surface area contributed by atoms with Crippen LogP contribution in [0, 0.1) is 0 Å². The highest BCUT2D eigenvalue weighted by molar-refractivity contribution is 5.96. The largest absolute Gasteiger partial charge is 0.397 e. The summed E-state index contributed by atoms with van der Waals surface area (Å²) in [5.41, 5.74) is 7.77.